The number of methoxy groups -OCH3 is 4. The Hall–Kier alpha value is -5.30. The SMILES string of the molecule is C=CC1OC(/C=C\C2OC(C=C)C3C(=O)OC(=O)C23)C(C(=O)OC)C1C(=O)OC.COC(=O)C1C2C=CC(O2)C1C(=O)OC.O=C1OC(=O)C2C3C=CC(O3)C12. The van der Waals surface area contributed by atoms with Crippen LogP contribution in [0, 0.1) is 47.3 Å². The van der Waals surface area contributed by atoms with E-state index < -0.39 is 108 Å². The third-order valence-corrected chi connectivity index (χ3v) is 11.0. The zero-order valence-corrected chi connectivity index (χ0v) is 30.6. The van der Waals surface area contributed by atoms with E-state index in [1.54, 1.807) is 12.2 Å². The molecule has 0 spiro atoms. The van der Waals surface area contributed by atoms with Crippen LogP contribution >= 0.6 is 0 Å². The predicted octanol–water partition coefficient (Wildman–Crippen LogP) is -0.115. The second-order valence-corrected chi connectivity index (χ2v) is 13.7. The van der Waals surface area contributed by atoms with Crippen LogP contribution < -0.4 is 0 Å². The number of esters is 8. The molecule has 0 aromatic carbocycles. The standard InChI is InChI=1S/C20H22O9.C10H12O5.C8H6O4/c1-5-9-13(17(21)25-3)15(18(22)26-4)11(27-9)7-8-12-16-14(10(6-2)28-12)19(23)29-20(16)24;1-13-9(11)7-5-3-4-6(15-5)8(7)10(12)14-2;9-7-5-3-1-2-4(11-3)6(5)8(10)12-7/h5-16H,1-2H2,3-4H3;3-8H,1-2H3;1-6H/b8-7-;;. The Morgan fingerprint density at radius 3 is 1.25 bits per heavy atom. The second kappa shape index (κ2) is 16.4. The molecule has 8 rings (SSSR count). The van der Waals surface area contributed by atoms with E-state index in [0.717, 1.165) is 0 Å². The van der Waals surface area contributed by atoms with Crippen molar-refractivity contribution in [2.75, 3.05) is 28.4 Å². The number of ether oxygens (including phenoxy) is 10. The first-order chi connectivity index (χ1) is 26.8. The average Bonchev–Trinajstić information content (AvgIpc) is 4.07. The van der Waals surface area contributed by atoms with Gasteiger partial charge in [-0.05, 0) is 0 Å². The minimum atomic E-state index is -0.976. The number of hydrogen-bond donors (Lipinski definition) is 0. The largest absolute Gasteiger partial charge is 0.469 e. The fourth-order valence-electron chi connectivity index (χ4n) is 8.35. The minimum Gasteiger partial charge on any atom is -0.469 e. The van der Waals surface area contributed by atoms with Crippen LogP contribution in [0.2, 0.25) is 0 Å². The normalized spacial score (nSPS) is 40.1. The van der Waals surface area contributed by atoms with Gasteiger partial charge in [0.1, 0.15) is 47.3 Å². The number of rotatable bonds is 8. The smallest absolute Gasteiger partial charge is 0.320 e. The van der Waals surface area contributed by atoms with Gasteiger partial charge in [0.05, 0.1) is 77.3 Å². The van der Waals surface area contributed by atoms with Gasteiger partial charge in [-0.25, -0.2) is 0 Å². The summed E-state index contributed by atoms with van der Waals surface area (Å²) in [5, 5.41) is 0. The molecule has 56 heavy (non-hydrogen) atoms. The van der Waals surface area contributed by atoms with Gasteiger partial charge in [0.2, 0.25) is 0 Å². The third kappa shape index (κ3) is 7.01. The molecule has 8 aliphatic heterocycles. The van der Waals surface area contributed by atoms with Crippen molar-refractivity contribution in [3.05, 3.63) is 61.8 Å². The highest BCUT2D eigenvalue weighted by Crippen LogP contribution is 2.45. The van der Waals surface area contributed by atoms with Crippen molar-refractivity contribution in [3.63, 3.8) is 0 Å². The molecule has 0 radical (unpaired) electrons. The Bertz CT molecular complexity index is 1720. The Morgan fingerprint density at radius 2 is 0.804 bits per heavy atom. The summed E-state index contributed by atoms with van der Waals surface area (Å²) in [6.07, 6.45) is 8.90. The van der Waals surface area contributed by atoms with E-state index in [9.17, 15) is 38.4 Å². The Labute approximate surface area is 319 Å². The van der Waals surface area contributed by atoms with E-state index in [4.69, 9.17) is 33.2 Å². The highest BCUT2D eigenvalue weighted by atomic mass is 16.6. The van der Waals surface area contributed by atoms with E-state index in [-0.39, 0.29) is 36.3 Å². The molecular formula is C38H40O18. The van der Waals surface area contributed by atoms with Crippen LogP contribution in [0.15, 0.2) is 61.8 Å². The average molecular weight is 785 g/mol. The lowest BCUT2D eigenvalue weighted by molar-refractivity contribution is -0.158. The Kier molecular flexibility index (Phi) is 11.8. The van der Waals surface area contributed by atoms with Gasteiger partial charge in [0.25, 0.3) is 0 Å². The molecule has 0 amide bonds. The number of carbonyl (C=O) groups excluding carboxylic acids is 8. The predicted molar refractivity (Wildman–Crippen MR) is 181 cm³/mol. The molecule has 0 saturated carbocycles. The van der Waals surface area contributed by atoms with E-state index in [0.29, 0.717) is 0 Å². The number of cyclic esters (lactones) is 4. The van der Waals surface area contributed by atoms with Gasteiger partial charge in [-0.1, -0.05) is 48.6 Å². The summed E-state index contributed by atoms with van der Waals surface area (Å²) in [6.45, 7) is 7.26. The zero-order valence-electron chi connectivity index (χ0n) is 30.6. The van der Waals surface area contributed by atoms with Gasteiger partial charge < -0.3 is 47.4 Å². The Balaban J connectivity index is 0.000000162. The van der Waals surface area contributed by atoms with Gasteiger partial charge in [0.15, 0.2) is 0 Å². The van der Waals surface area contributed by atoms with Crippen molar-refractivity contribution >= 4 is 47.8 Å². The van der Waals surface area contributed by atoms with Gasteiger partial charge in [0, 0.05) is 0 Å². The van der Waals surface area contributed by atoms with E-state index in [2.05, 4.69) is 27.4 Å². The highest BCUT2D eigenvalue weighted by molar-refractivity contribution is 5.99. The fraction of sp³-hybridized carbons (Fsp3) is 0.526. The lowest BCUT2D eigenvalue weighted by atomic mass is 9.83. The second-order valence-electron chi connectivity index (χ2n) is 13.7. The molecule has 0 aromatic heterocycles. The van der Waals surface area contributed by atoms with Crippen LogP contribution in [0.4, 0.5) is 0 Å². The molecule has 16 atom stereocenters. The number of hydrogen-bond acceptors (Lipinski definition) is 18. The summed E-state index contributed by atoms with van der Waals surface area (Å²) in [5.74, 6) is -9.69. The number of carbonyl (C=O) groups is 8. The van der Waals surface area contributed by atoms with Crippen LogP contribution in [-0.4, -0.2) is 125 Å². The first kappa shape index (κ1) is 40.4. The number of fused-ring (bicyclic) bond motifs is 8. The third-order valence-electron chi connectivity index (χ3n) is 11.0. The van der Waals surface area contributed by atoms with Crippen molar-refractivity contribution in [1.82, 2.24) is 0 Å². The summed E-state index contributed by atoms with van der Waals surface area (Å²) in [5.41, 5.74) is 0. The topological polar surface area (TPSA) is 229 Å². The lowest BCUT2D eigenvalue weighted by Crippen LogP contribution is -2.37. The van der Waals surface area contributed by atoms with Gasteiger partial charge in [-0.3, -0.25) is 38.4 Å². The summed E-state index contributed by atoms with van der Waals surface area (Å²) in [6, 6.07) is 0. The summed E-state index contributed by atoms with van der Waals surface area (Å²) >= 11 is 0. The molecule has 0 N–H and O–H groups in total. The van der Waals surface area contributed by atoms with Crippen molar-refractivity contribution < 1.29 is 85.7 Å². The van der Waals surface area contributed by atoms with Gasteiger partial charge in [-0.2, -0.15) is 0 Å². The molecule has 6 saturated heterocycles. The van der Waals surface area contributed by atoms with Crippen LogP contribution in [-0.2, 0) is 85.7 Å². The molecule has 18 nitrogen and oxygen atoms in total. The molecule has 8 heterocycles. The van der Waals surface area contributed by atoms with Gasteiger partial charge in [-0.15, -0.1) is 13.2 Å². The highest BCUT2D eigenvalue weighted by Gasteiger charge is 2.60. The van der Waals surface area contributed by atoms with Crippen molar-refractivity contribution in [3.8, 4) is 0 Å². The molecule has 300 valence electrons. The maximum Gasteiger partial charge on any atom is 0.320 e. The Morgan fingerprint density at radius 1 is 0.464 bits per heavy atom. The van der Waals surface area contributed by atoms with Crippen molar-refractivity contribution in [2.24, 2.45) is 47.3 Å². The molecule has 18 heteroatoms. The van der Waals surface area contributed by atoms with Crippen LogP contribution in [0.5, 0.6) is 0 Å². The molecule has 0 aromatic rings. The van der Waals surface area contributed by atoms with Crippen molar-refractivity contribution in [2.45, 2.75) is 48.8 Å². The van der Waals surface area contributed by atoms with Crippen LogP contribution in [0.25, 0.3) is 0 Å². The summed E-state index contributed by atoms with van der Waals surface area (Å²) in [7, 11) is 5.02. The quantitative estimate of drug-likeness (QED) is 0.135. The zero-order chi connectivity index (χ0) is 40.6. The van der Waals surface area contributed by atoms with Crippen molar-refractivity contribution in [1.29, 1.82) is 0 Å². The minimum absolute atomic E-state index is 0.223. The molecule has 4 bridgehead atoms. The lowest BCUT2D eigenvalue weighted by Gasteiger charge is -2.20. The van der Waals surface area contributed by atoms with Crippen LogP contribution in [0.3, 0.4) is 0 Å². The maximum absolute atomic E-state index is 12.3. The summed E-state index contributed by atoms with van der Waals surface area (Å²) in [4.78, 5) is 93.7. The monoisotopic (exact) mass is 784 g/mol. The first-order valence-electron chi connectivity index (χ1n) is 17.6. The molecular weight excluding hydrogens is 744 g/mol. The van der Waals surface area contributed by atoms with E-state index in [1.165, 1.54) is 52.7 Å². The molecule has 6 fully saturated rings. The molecule has 0 aliphatic carbocycles. The van der Waals surface area contributed by atoms with E-state index in [1.807, 2.05) is 12.2 Å². The van der Waals surface area contributed by atoms with Gasteiger partial charge >= 0.3 is 47.8 Å². The molecule has 16 unspecified atom stereocenters. The van der Waals surface area contributed by atoms with Crippen LogP contribution in [0.1, 0.15) is 0 Å². The molecule has 8 aliphatic rings. The first-order valence-corrected chi connectivity index (χ1v) is 17.6. The maximum atomic E-state index is 12.3. The van der Waals surface area contributed by atoms with E-state index >= 15 is 0 Å². The summed E-state index contributed by atoms with van der Waals surface area (Å²) < 4.78 is 50.5. The fourth-order valence-corrected chi connectivity index (χ4v) is 8.35.